The molecule has 3 rings (SSSR count). The van der Waals surface area contributed by atoms with E-state index in [1.807, 2.05) is 6.07 Å². The van der Waals surface area contributed by atoms with E-state index < -0.39 is 0 Å². The van der Waals surface area contributed by atoms with Crippen LogP contribution in [-0.2, 0) is 17.8 Å². The molecule has 2 aromatic rings. The van der Waals surface area contributed by atoms with Gasteiger partial charge in [-0.25, -0.2) is 4.39 Å². The van der Waals surface area contributed by atoms with Crippen LogP contribution in [0.15, 0.2) is 36.4 Å². The number of amides is 1. The zero-order valence-electron chi connectivity index (χ0n) is 13.1. The molecule has 2 N–H and O–H groups in total. The average molecular weight is 349 g/mol. The first kappa shape index (κ1) is 16.7. The van der Waals surface area contributed by atoms with Crippen LogP contribution in [0.5, 0.6) is 5.75 Å². The van der Waals surface area contributed by atoms with Gasteiger partial charge >= 0.3 is 0 Å². The topological polar surface area (TPSA) is 50.4 Å². The summed E-state index contributed by atoms with van der Waals surface area (Å²) in [7, 11) is 0. The lowest BCUT2D eigenvalue weighted by molar-refractivity contribution is -0.116. The standard InChI is InChI=1S/C18H18ClFN2O2/c19-14-3-1-2-4-16(14)24-10-8-17(23)22-15-6-5-12-11-21-9-7-13(12)18(15)20/h1-6,21H,7-11H2,(H,22,23). The maximum Gasteiger partial charge on any atom is 0.227 e. The van der Waals surface area contributed by atoms with Crippen LogP contribution in [0.4, 0.5) is 10.1 Å². The minimum absolute atomic E-state index is 0.114. The van der Waals surface area contributed by atoms with Crippen LogP contribution in [0.2, 0.25) is 5.02 Å². The number of carbonyl (C=O) groups excluding carboxylic acids is 1. The first-order valence-corrected chi connectivity index (χ1v) is 8.21. The second-order valence-corrected chi connectivity index (χ2v) is 5.98. The van der Waals surface area contributed by atoms with Gasteiger partial charge in [0.2, 0.25) is 5.91 Å². The summed E-state index contributed by atoms with van der Waals surface area (Å²) in [6, 6.07) is 10.5. The number of para-hydroxylation sites is 1. The van der Waals surface area contributed by atoms with Crippen LogP contribution >= 0.6 is 11.6 Å². The number of carbonyl (C=O) groups is 1. The molecule has 1 heterocycles. The summed E-state index contributed by atoms with van der Waals surface area (Å²) in [5, 5.41) is 6.30. The van der Waals surface area contributed by atoms with Crippen molar-refractivity contribution < 1.29 is 13.9 Å². The summed E-state index contributed by atoms with van der Waals surface area (Å²) in [6.45, 7) is 1.57. The fourth-order valence-electron chi connectivity index (χ4n) is 2.66. The molecule has 2 aromatic carbocycles. The second-order valence-electron chi connectivity index (χ2n) is 5.57. The molecule has 0 unspecified atom stereocenters. The summed E-state index contributed by atoms with van der Waals surface area (Å²) < 4.78 is 19.9. The van der Waals surface area contributed by atoms with Gasteiger partial charge in [0.25, 0.3) is 0 Å². The number of hydrogen-bond acceptors (Lipinski definition) is 3. The predicted octanol–water partition coefficient (Wildman–Crippen LogP) is 3.53. The molecule has 0 spiro atoms. The Balaban J connectivity index is 1.56. The first-order chi connectivity index (χ1) is 11.6. The molecule has 4 nitrogen and oxygen atoms in total. The van der Waals surface area contributed by atoms with Crippen molar-refractivity contribution in [1.82, 2.24) is 5.32 Å². The highest BCUT2D eigenvalue weighted by Gasteiger charge is 2.17. The van der Waals surface area contributed by atoms with Crippen LogP contribution in [0.1, 0.15) is 17.5 Å². The van der Waals surface area contributed by atoms with Crippen LogP contribution in [0.3, 0.4) is 0 Å². The smallest absolute Gasteiger partial charge is 0.227 e. The maximum absolute atomic E-state index is 14.5. The first-order valence-electron chi connectivity index (χ1n) is 7.83. The number of anilines is 1. The van der Waals surface area contributed by atoms with Gasteiger partial charge in [-0.1, -0.05) is 29.8 Å². The summed E-state index contributed by atoms with van der Waals surface area (Å²) in [5.41, 5.74) is 1.84. The fourth-order valence-corrected chi connectivity index (χ4v) is 2.85. The van der Waals surface area contributed by atoms with Crippen molar-refractivity contribution in [2.24, 2.45) is 0 Å². The van der Waals surface area contributed by atoms with Gasteiger partial charge in [0, 0.05) is 6.54 Å². The lowest BCUT2D eigenvalue weighted by Crippen LogP contribution is -2.25. The van der Waals surface area contributed by atoms with Crippen LogP contribution < -0.4 is 15.4 Å². The number of rotatable bonds is 5. The average Bonchev–Trinajstić information content (AvgIpc) is 2.59. The Morgan fingerprint density at radius 1 is 1.29 bits per heavy atom. The van der Waals surface area contributed by atoms with Crippen molar-refractivity contribution in [3.05, 3.63) is 58.4 Å². The van der Waals surface area contributed by atoms with Gasteiger partial charge in [-0.3, -0.25) is 4.79 Å². The second kappa shape index (κ2) is 7.64. The summed E-state index contributed by atoms with van der Waals surface area (Å²) in [5.74, 6) is -0.108. The van der Waals surface area contributed by atoms with Gasteiger partial charge in [0.1, 0.15) is 11.6 Å². The molecule has 0 saturated carbocycles. The van der Waals surface area contributed by atoms with E-state index >= 15 is 0 Å². The minimum Gasteiger partial charge on any atom is -0.491 e. The highest BCUT2D eigenvalue weighted by molar-refractivity contribution is 6.32. The molecule has 0 aliphatic carbocycles. The Labute approximate surface area is 145 Å². The van der Waals surface area contributed by atoms with E-state index in [1.54, 1.807) is 30.3 Å². The number of fused-ring (bicyclic) bond motifs is 1. The van der Waals surface area contributed by atoms with E-state index in [0.717, 1.165) is 12.1 Å². The molecule has 0 bridgehead atoms. The molecule has 0 saturated heterocycles. The van der Waals surface area contributed by atoms with Crippen molar-refractivity contribution >= 4 is 23.2 Å². The monoisotopic (exact) mass is 348 g/mol. The van der Waals surface area contributed by atoms with Gasteiger partial charge in [0.05, 0.1) is 23.7 Å². The minimum atomic E-state index is -0.339. The third-order valence-electron chi connectivity index (χ3n) is 3.90. The Bertz CT molecular complexity index is 752. The number of benzene rings is 2. The van der Waals surface area contributed by atoms with Crippen molar-refractivity contribution in [3.63, 3.8) is 0 Å². The third-order valence-corrected chi connectivity index (χ3v) is 4.22. The van der Waals surface area contributed by atoms with Crippen molar-refractivity contribution in [2.45, 2.75) is 19.4 Å². The number of hydrogen-bond donors (Lipinski definition) is 2. The van der Waals surface area contributed by atoms with Gasteiger partial charge in [-0.2, -0.15) is 0 Å². The van der Waals surface area contributed by atoms with Gasteiger partial charge in [-0.05, 0) is 42.3 Å². The van der Waals surface area contributed by atoms with Gasteiger partial charge in [-0.15, -0.1) is 0 Å². The Morgan fingerprint density at radius 3 is 2.96 bits per heavy atom. The van der Waals surface area contributed by atoms with E-state index in [9.17, 15) is 9.18 Å². The maximum atomic E-state index is 14.5. The quantitative estimate of drug-likeness (QED) is 0.869. The molecule has 6 heteroatoms. The summed E-state index contributed by atoms with van der Waals surface area (Å²) >= 11 is 5.98. The van der Waals surface area contributed by atoms with Crippen LogP contribution in [0.25, 0.3) is 0 Å². The van der Waals surface area contributed by atoms with E-state index in [-0.39, 0.29) is 30.4 Å². The molecule has 1 aliphatic rings. The Hall–Kier alpha value is -2.11. The number of ether oxygens (including phenoxy) is 1. The largest absolute Gasteiger partial charge is 0.491 e. The van der Waals surface area contributed by atoms with Crippen molar-refractivity contribution in [3.8, 4) is 5.75 Å². The highest BCUT2D eigenvalue weighted by Crippen LogP contribution is 2.25. The third kappa shape index (κ3) is 3.86. The van der Waals surface area contributed by atoms with Gasteiger partial charge in [0.15, 0.2) is 0 Å². The Morgan fingerprint density at radius 2 is 2.12 bits per heavy atom. The zero-order valence-corrected chi connectivity index (χ0v) is 13.8. The normalized spacial score (nSPS) is 13.2. The summed E-state index contributed by atoms with van der Waals surface area (Å²) in [6.07, 6.45) is 0.740. The molecule has 1 aliphatic heterocycles. The van der Waals surface area contributed by atoms with Crippen molar-refractivity contribution in [1.29, 1.82) is 0 Å². The lowest BCUT2D eigenvalue weighted by atomic mass is 9.99. The molecule has 0 radical (unpaired) electrons. The lowest BCUT2D eigenvalue weighted by Gasteiger charge is -2.19. The molecule has 24 heavy (non-hydrogen) atoms. The molecule has 0 aromatic heterocycles. The van der Waals surface area contributed by atoms with Crippen LogP contribution in [0, 0.1) is 5.82 Å². The molecule has 0 fully saturated rings. The van der Waals surface area contributed by atoms with Crippen molar-refractivity contribution in [2.75, 3.05) is 18.5 Å². The van der Waals surface area contributed by atoms with E-state index in [4.69, 9.17) is 16.3 Å². The predicted molar refractivity (Wildman–Crippen MR) is 92.0 cm³/mol. The molecule has 0 atom stereocenters. The Kier molecular flexibility index (Phi) is 5.33. The fraction of sp³-hybridized carbons (Fsp3) is 0.278. The van der Waals surface area contributed by atoms with E-state index in [0.29, 0.717) is 29.3 Å². The van der Waals surface area contributed by atoms with Gasteiger partial charge < -0.3 is 15.4 Å². The molecular formula is C18H18ClFN2O2. The number of halogens is 2. The molecular weight excluding hydrogens is 331 g/mol. The number of nitrogens with one attached hydrogen (secondary N) is 2. The SMILES string of the molecule is O=C(CCOc1ccccc1Cl)Nc1ccc2c(c1F)CCNC2. The van der Waals surface area contributed by atoms with E-state index in [2.05, 4.69) is 10.6 Å². The highest BCUT2D eigenvalue weighted by atomic mass is 35.5. The van der Waals surface area contributed by atoms with Crippen LogP contribution in [-0.4, -0.2) is 19.1 Å². The van der Waals surface area contributed by atoms with E-state index in [1.165, 1.54) is 0 Å². The summed E-state index contributed by atoms with van der Waals surface area (Å²) in [4.78, 5) is 12.0. The molecule has 126 valence electrons. The molecule has 1 amide bonds. The zero-order chi connectivity index (χ0) is 16.9.